The minimum atomic E-state index is -2.26. The molecule has 0 bridgehead atoms. The molecule has 0 amide bonds. The number of aryl methyl sites for hydroxylation is 1. The summed E-state index contributed by atoms with van der Waals surface area (Å²) >= 11 is 0. The number of phenolic OH excluding ortho intramolecular Hbond substituents is 1. The van der Waals surface area contributed by atoms with Crippen LogP contribution in [0.1, 0.15) is 34.5 Å². The van der Waals surface area contributed by atoms with Crippen LogP contribution in [-0.2, 0) is 9.53 Å². The van der Waals surface area contributed by atoms with E-state index >= 15 is 0 Å². The minimum Gasteiger partial charge on any atom is -0.507 e. The standard InChI is InChI=1S/C13H16FNO5.ClH/c1-3-20-13(19)9(14)10(15)8-7(12(17)18)5-4-6(2)11(8)16;/h4-5,9-10,16H,3,15H2,1-2H3,(H,17,18);1H/t9?,10-;/m1./s1. The second-order valence-electron chi connectivity index (χ2n) is 4.18. The first-order chi connectivity index (χ1) is 9.31. The zero-order valence-corrected chi connectivity index (χ0v) is 12.3. The molecule has 0 fully saturated rings. The molecule has 0 spiro atoms. The first-order valence-corrected chi connectivity index (χ1v) is 5.93. The van der Waals surface area contributed by atoms with Crippen molar-refractivity contribution in [1.29, 1.82) is 0 Å². The van der Waals surface area contributed by atoms with Crippen LogP contribution in [0.15, 0.2) is 12.1 Å². The maximum atomic E-state index is 13.9. The Morgan fingerprint density at radius 1 is 1.43 bits per heavy atom. The molecule has 1 aromatic carbocycles. The molecule has 0 heterocycles. The number of ether oxygens (including phenoxy) is 1. The molecule has 2 atom stereocenters. The number of carboxylic acid groups (broad SMARTS) is 1. The summed E-state index contributed by atoms with van der Waals surface area (Å²) in [5.41, 5.74) is 5.23. The number of carbonyl (C=O) groups excluding carboxylic acids is 1. The van der Waals surface area contributed by atoms with E-state index in [1.807, 2.05) is 0 Å². The number of carbonyl (C=O) groups is 2. The average Bonchev–Trinajstić information content (AvgIpc) is 2.39. The van der Waals surface area contributed by atoms with Crippen LogP contribution in [0, 0.1) is 6.92 Å². The number of aromatic carboxylic acids is 1. The maximum Gasteiger partial charge on any atom is 0.342 e. The summed E-state index contributed by atoms with van der Waals surface area (Å²) < 4.78 is 18.4. The summed E-state index contributed by atoms with van der Waals surface area (Å²) in [4.78, 5) is 22.4. The van der Waals surface area contributed by atoms with Crippen molar-refractivity contribution in [2.24, 2.45) is 5.73 Å². The Morgan fingerprint density at radius 3 is 2.48 bits per heavy atom. The van der Waals surface area contributed by atoms with E-state index < -0.39 is 29.9 Å². The van der Waals surface area contributed by atoms with E-state index in [9.17, 15) is 19.1 Å². The van der Waals surface area contributed by atoms with Gasteiger partial charge in [0.1, 0.15) is 5.75 Å². The fourth-order valence-corrected chi connectivity index (χ4v) is 1.76. The highest BCUT2D eigenvalue weighted by Gasteiger charge is 2.33. The number of aromatic hydroxyl groups is 1. The normalized spacial score (nSPS) is 13.0. The fourth-order valence-electron chi connectivity index (χ4n) is 1.76. The van der Waals surface area contributed by atoms with E-state index in [1.54, 1.807) is 0 Å². The third-order valence-corrected chi connectivity index (χ3v) is 2.81. The van der Waals surface area contributed by atoms with E-state index in [1.165, 1.54) is 26.0 Å². The van der Waals surface area contributed by atoms with Crippen molar-refractivity contribution in [2.75, 3.05) is 6.61 Å². The number of esters is 1. The van der Waals surface area contributed by atoms with E-state index in [-0.39, 0.29) is 30.1 Å². The molecule has 21 heavy (non-hydrogen) atoms. The molecular weight excluding hydrogens is 305 g/mol. The van der Waals surface area contributed by atoms with Crippen LogP contribution in [0.25, 0.3) is 0 Å². The van der Waals surface area contributed by atoms with Crippen molar-refractivity contribution >= 4 is 24.3 Å². The summed E-state index contributed by atoms with van der Waals surface area (Å²) in [5.74, 6) is -3.01. The average molecular weight is 322 g/mol. The van der Waals surface area contributed by atoms with Crippen LogP contribution in [0.4, 0.5) is 4.39 Å². The minimum absolute atomic E-state index is 0. The van der Waals surface area contributed by atoms with Gasteiger partial charge in [0.25, 0.3) is 0 Å². The highest BCUT2D eigenvalue weighted by molar-refractivity contribution is 5.91. The van der Waals surface area contributed by atoms with Crippen LogP contribution in [0.5, 0.6) is 5.75 Å². The lowest BCUT2D eigenvalue weighted by molar-refractivity contribution is -0.149. The van der Waals surface area contributed by atoms with Gasteiger partial charge in [-0.3, -0.25) is 0 Å². The summed E-state index contributed by atoms with van der Waals surface area (Å²) in [6.07, 6.45) is -2.26. The highest BCUT2D eigenvalue weighted by atomic mass is 35.5. The first kappa shape index (κ1) is 19.1. The van der Waals surface area contributed by atoms with Gasteiger partial charge >= 0.3 is 11.9 Å². The predicted octanol–water partition coefficient (Wildman–Crippen LogP) is 1.72. The number of carboxylic acids is 1. The number of hydrogen-bond donors (Lipinski definition) is 3. The van der Waals surface area contributed by atoms with Crippen LogP contribution in [0.3, 0.4) is 0 Å². The van der Waals surface area contributed by atoms with Crippen molar-refractivity contribution in [3.8, 4) is 5.75 Å². The molecule has 0 aliphatic heterocycles. The smallest absolute Gasteiger partial charge is 0.342 e. The van der Waals surface area contributed by atoms with Gasteiger partial charge in [0.05, 0.1) is 18.2 Å². The number of halogens is 2. The van der Waals surface area contributed by atoms with Crippen LogP contribution in [0.2, 0.25) is 0 Å². The zero-order valence-electron chi connectivity index (χ0n) is 11.5. The molecule has 118 valence electrons. The third kappa shape index (κ3) is 4.05. The monoisotopic (exact) mass is 321 g/mol. The van der Waals surface area contributed by atoms with Crippen molar-refractivity contribution in [1.82, 2.24) is 0 Å². The quantitative estimate of drug-likeness (QED) is 0.712. The van der Waals surface area contributed by atoms with E-state index in [0.717, 1.165) is 0 Å². The Balaban J connectivity index is 0.00000400. The SMILES string of the molecule is CCOC(=O)C(F)[C@H](N)c1c(C(=O)O)ccc(C)c1O.Cl. The van der Waals surface area contributed by atoms with Gasteiger partial charge in [-0.05, 0) is 25.5 Å². The van der Waals surface area contributed by atoms with E-state index in [2.05, 4.69) is 4.74 Å². The van der Waals surface area contributed by atoms with Gasteiger partial charge in [-0.2, -0.15) is 0 Å². The third-order valence-electron chi connectivity index (χ3n) is 2.81. The Bertz CT molecular complexity index is 538. The summed E-state index contributed by atoms with van der Waals surface area (Å²) in [5, 5.41) is 18.9. The lowest BCUT2D eigenvalue weighted by Crippen LogP contribution is -2.32. The predicted molar refractivity (Wildman–Crippen MR) is 75.5 cm³/mol. The molecule has 6 nitrogen and oxygen atoms in total. The van der Waals surface area contributed by atoms with Crippen LogP contribution < -0.4 is 5.73 Å². The first-order valence-electron chi connectivity index (χ1n) is 5.93. The van der Waals surface area contributed by atoms with E-state index in [4.69, 9.17) is 10.8 Å². The van der Waals surface area contributed by atoms with Gasteiger partial charge in [0, 0.05) is 5.56 Å². The van der Waals surface area contributed by atoms with Crippen molar-refractivity contribution < 1.29 is 28.9 Å². The van der Waals surface area contributed by atoms with Gasteiger partial charge in [0.2, 0.25) is 6.17 Å². The lowest BCUT2D eigenvalue weighted by Gasteiger charge is -2.19. The van der Waals surface area contributed by atoms with Crippen LogP contribution in [-0.4, -0.2) is 34.9 Å². The molecule has 1 aromatic rings. The molecule has 8 heteroatoms. The van der Waals surface area contributed by atoms with Gasteiger partial charge in [0.15, 0.2) is 0 Å². The number of nitrogens with two attached hydrogens (primary N) is 1. The lowest BCUT2D eigenvalue weighted by atomic mass is 9.94. The fraction of sp³-hybridized carbons (Fsp3) is 0.385. The van der Waals surface area contributed by atoms with Crippen molar-refractivity contribution in [3.63, 3.8) is 0 Å². The summed E-state index contributed by atoms with van der Waals surface area (Å²) in [6, 6.07) is 0.942. The van der Waals surface area contributed by atoms with Gasteiger partial charge in [-0.1, -0.05) is 6.07 Å². The highest BCUT2D eigenvalue weighted by Crippen LogP contribution is 2.33. The van der Waals surface area contributed by atoms with Gasteiger partial charge in [-0.25, -0.2) is 14.0 Å². The van der Waals surface area contributed by atoms with Crippen LogP contribution >= 0.6 is 12.4 Å². The maximum absolute atomic E-state index is 13.9. The largest absolute Gasteiger partial charge is 0.507 e. The van der Waals surface area contributed by atoms with Crippen molar-refractivity contribution in [3.05, 3.63) is 28.8 Å². The number of benzene rings is 1. The van der Waals surface area contributed by atoms with Gasteiger partial charge in [-0.15, -0.1) is 12.4 Å². The van der Waals surface area contributed by atoms with Crippen molar-refractivity contribution in [2.45, 2.75) is 26.1 Å². The second kappa shape index (κ2) is 7.80. The van der Waals surface area contributed by atoms with Gasteiger partial charge < -0.3 is 20.7 Å². The molecule has 0 saturated carbocycles. The Hall–Kier alpha value is -1.86. The topological polar surface area (TPSA) is 110 Å². The molecule has 1 unspecified atom stereocenters. The number of alkyl halides is 1. The molecule has 4 N–H and O–H groups in total. The van der Waals surface area contributed by atoms with E-state index in [0.29, 0.717) is 5.56 Å². The molecule has 0 saturated heterocycles. The molecule has 0 aromatic heterocycles. The Morgan fingerprint density at radius 2 is 2.00 bits per heavy atom. The molecule has 0 aliphatic rings. The number of rotatable bonds is 5. The number of phenols is 1. The molecular formula is C13H17ClFNO5. The molecule has 1 rings (SSSR count). The summed E-state index contributed by atoms with van der Waals surface area (Å²) in [7, 11) is 0. The Labute approximate surface area is 127 Å². The molecule has 0 aliphatic carbocycles. The Kier molecular flexibility index (Phi) is 7.11. The molecule has 0 radical (unpaired) electrons. The second-order valence-corrected chi connectivity index (χ2v) is 4.18. The summed E-state index contributed by atoms with van der Waals surface area (Å²) in [6.45, 7) is 2.98. The zero-order chi connectivity index (χ0) is 15.4. The number of hydrogen-bond acceptors (Lipinski definition) is 5.